The van der Waals surface area contributed by atoms with Crippen LogP contribution in [0.5, 0.6) is 5.75 Å². The molecule has 0 radical (unpaired) electrons. The van der Waals surface area contributed by atoms with E-state index < -0.39 is 0 Å². The Kier molecular flexibility index (Phi) is 5.52. The second kappa shape index (κ2) is 7.38. The van der Waals surface area contributed by atoms with Gasteiger partial charge < -0.3 is 15.4 Å². The largest absolute Gasteiger partial charge is 0.496 e. The lowest BCUT2D eigenvalue weighted by Gasteiger charge is -2.13. The zero-order valence-corrected chi connectivity index (χ0v) is 13.7. The van der Waals surface area contributed by atoms with Gasteiger partial charge in [0.25, 0.3) is 0 Å². The number of benzene rings is 2. The highest BCUT2D eigenvalue weighted by Crippen LogP contribution is 2.20. The number of hydrogen-bond acceptors (Lipinski definition) is 2. The molecule has 0 aromatic heterocycles. The highest BCUT2D eigenvalue weighted by Gasteiger charge is 2.06. The summed E-state index contributed by atoms with van der Waals surface area (Å²) in [6.07, 6.45) is 0. The number of methoxy groups -OCH3 is 1. The number of ether oxygens (including phenoxy) is 1. The Morgan fingerprint density at radius 2 is 2.05 bits per heavy atom. The first-order chi connectivity index (χ1) is 10.1. The Labute approximate surface area is 136 Å². The molecule has 2 aromatic carbocycles. The molecule has 2 rings (SSSR count). The minimum Gasteiger partial charge on any atom is -0.496 e. The van der Waals surface area contributed by atoms with Crippen LogP contribution in [0, 0.1) is 5.82 Å². The molecule has 2 N–H and O–H groups in total. The van der Waals surface area contributed by atoms with Gasteiger partial charge in [-0.15, -0.1) is 0 Å². The zero-order valence-electron chi connectivity index (χ0n) is 11.3. The summed E-state index contributed by atoms with van der Waals surface area (Å²) in [6, 6.07) is 12.4. The molecule has 0 heterocycles. The van der Waals surface area contributed by atoms with E-state index >= 15 is 0 Å². The van der Waals surface area contributed by atoms with Crippen LogP contribution in [0.15, 0.2) is 46.9 Å². The number of thiocarbonyl (C=S) groups is 1. The first-order valence-corrected chi connectivity index (χ1v) is 7.42. The second-order valence-electron chi connectivity index (χ2n) is 4.24. The van der Waals surface area contributed by atoms with Crippen molar-refractivity contribution in [3.8, 4) is 5.75 Å². The van der Waals surface area contributed by atoms with E-state index in [1.807, 2.05) is 24.3 Å². The topological polar surface area (TPSA) is 33.3 Å². The summed E-state index contributed by atoms with van der Waals surface area (Å²) in [5.74, 6) is 0.411. The number of anilines is 1. The molecule has 6 heteroatoms. The number of rotatable bonds is 4. The van der Waals surface area contributed by atoms with Crippen molar-refractivity contribution < 1.29 is 9.13 Å². The van der Waals surface area contributed by atoms with Crippen LogP contribution < -0.4 is 15.4 Å². The van der Waals surface area contributed by atoms with E-state index in [-0.39, 0.29) is 5.82 Å². The van der Waals surface area contributed by atoms with Crippen LogP contribution in [-0.2, 0) is 6.54 Å². The van der Waals surface area contributed by atoms with Gasteiger partial charge in [0.1, 0.15) is 11.6 Å². The van der Waals surface area contributed by atoms with E-state index in [1.165, 1.54) is 6.07 Å². The molecule has 0 aliphatic carbocycles. The summed E-state index contributed by atoms with van der Waals surface area (Å²) in [5.41, 5.74) is 1.30. The third kappa shape index (κ3) is 4.41. The number of nitrogens with one attached hydrogen (secondary N) is 2. The molecule has 21 heavy (non-hydrogen) atoms. The lowest BCUT2D eigenvalue weighted by atomic mass is 10.2. The Morgan fingerprint density at radius 1 is 1.29 bits per heavy atom. The quantitative estimate of drug-likeness (QED) is 0.796. The third-order valence-electron chi connectivity index (χ3n) is 2.81. The van der Waals surface area contributed by atoms with Gasteiger partial charge in [0, 0.05) is 16.6 Å². The fourth-order valence-corrected chi connectivity index (χ4v) is 2.30. The van der Waals surface area contributed by atoms with Crippen LogP contribution in [0.4, 0.5) is 10.1 Å². The molecule has 110 valence electrons. The molecule has 0 aliphatic rings. The lowest BCUT2D eigenvalue weighted by Crippen LogP contribution is -2.28. The molecule has 0 saturated carbocycles. The van der Waals surface area contributed by atoms with Crippen LogP contribution in [-0.4, -0.2) is 12.2 Å². The number of hydrogen-bond donors (Lipinski definition) is 2. The Bertz CT molecular complexity index is 651. The van der Waals surface area contributed by atoms with Crippen molar-refractivity contribution in [3.63, 3.8) is 0 Å². The molecule has 0 fully saturated rings. The van der Waals surface area contributed by atoms with Crippen LogP contribution in [0.3, 0.4) is 0 Å². The smallest absolute Gasteiger partial charge is 0.171 e. The van der Waals surface area contributed by atoms with Gasteiger partial charge in [0.05, 0.1) is 12.8 Å². The number of halogens is 2. The van der Waals surface area contributed by atoms with Gasteiger partial charge in [-0.05, 0) is 36.5 Å². The van der Waals surface area contributed by atoms with Crippen LogP contribution >= 0.6 is 28.1 Å². The molecule has 0 saturated heterocycles. The van der Waals surface area contributed by atoms with Crippen molar-refractivity contribution in [2.75, 3.05) is 12.4 Å². The normalized spacial score (nSPS) is 10.0. The summed E-state index contributed by atoms with van der Waals surface area (Å²) in [4.78, 5) is 0. The van der Waals surface area contributed by atoms with Crippen molar-refractivity contribution in [1.29, 1.82) is 0 Å². The summed E-state index contributed by atoms with van der Waals surface area (Å²) < 4.78 is 19.6. The minimum absolute atomic E-state index is 0.329. The van der Waals surface area contributed by atoms with E-state index in [2.05, 4.69) is 26.6 Å². The van der Waals surface area contributed by atoms with Gasteiger partial charge in [-0.25, -0.2) is 4.39 Å². The van der Waals surface area contributed by atoms with E-state index in [0.717, 1.165) is 11.3 Å². The van der Waals surface area contributed by atoms with E-state index in [1.54, 1.807) is 19.2 Å². The highest BCUT2D eigenvalue weighted by molar-refractivity contribution is 9.10. The molecule has 0 unspecified atom stereocenters. The Hall–Kier alpha value is -1.66. The van der Waals surface area contributed by atoms with Gasteiger partial charge in [-0.3, -0.25) is 0 Å². The van der Waals surface area contributed by atoms with Gasteiger partial charge in [0.2, 0.25) is 0 Å². The van der Waals surface area contributed by atoms with Crippen LogP contribution in [0.25, 0.3) is 0 Å². The van der Waals surface area contributed by atoms with Gasteiger partial charge in [-0.2, -0.15) is 0 Å². The molecular weight excluding hydrogens is 355 g/mol. The van der Waals surface area contributed by atoms with Crippen molar-refractivity contribution in [3.05, 3.63) is 58.3 Å². The van der Waals surface area contributed by atoms with Gasteiger partial charge in [-0.1, -0.05) is 34.1 Å². The van der Waals surface area contributed by atoms with Crippen molar-refractivity contribution in [1.82, 2.24) is 5.32 Å². The average Bonchev–Trinajstić information content (AvgIpc) is 2.48. The average molecular weight is 369 g/mol. The molecular formula is C15H14BrFN2OS. The minimum atomic E-state index is -0.370. The molecule has 0 amide bonds. The predicted molar refractivity (Wildman–Crippen MR) is 90.2 cm³/mol. The first kappa shape index (κ1) is 15.7. The standard InChI is InChI=1S/C15H14BrFN2OS/c1-20-14-5-3-2-4-10(14)9-18-15(21)19-13-7-6-11(16)8-12(13)17/h2-8H,9H2,1H3,(H2,18,19,21). The molecule has 0 bridgehead atoms. The summed E-state index contributed by atoms with van der Waals surface area (Å²) in [5, 5.41) is 6.20. The van der Waals surface area contributed by atoms with Crippen molar-refractivity contribution in [2.45, 2.75) is 6.54 Å². The van der Waals surface area contributed by atoms with Crippen molar-refractivity contribution in [2.24, 2.45) is 0 Å². The molecule has 2 aromatic rings. The molecule has 0 atom stereocenters. The summed E-state index contributed by atoms with van der Waals surface area (Å²) in [6.45, 7) is 0.494. The summed E-state index contributed by atoms with van der Waals surface area (Å²) >= 11 is 8.38. The monoisotopic (exact) mass is 368 g/mol. The lowest BCUT2D eigenvalue weighted by molar-refractivity contribution is 0.409. The van der Waals surface area contributed by atoms with Gasteiger partial charge in [0.15, 0.2) is 5.11 Å². The van der Waals surface area contributed by atoms with Crippen LogP contribution in [0.1, 0.15) is 5.56 Å². The maximum atomic E-state index is 13.7. The molecule has 3 nitrogen and oxygen atoms in total. The summed E-state index contributed by atoms with van der Waals surface area (Å²) in [7, 11) is 1.62. The van der Waals surface area contributed by atoms with E-state index in [4.69, 9.17) is 17.0 Å². The molecule has 0 spiro atoms. The van der Waals surface area contributed by atoms with E-state index in [9.17, 15) is 4.39 Å². The third-order valence-corrected chi connectivity index (χ3v) is 3.55. The first-order valence-electron chi connectivity index (χ1n) is 6.22. The zero-order chi connectivity index (χ0) is 15.2. The predicted octanol–water partition coefficient (Wildman–Crippen LogP) is 4.08. The maximum Gasteiger partial charge on any atom is 0.171 e. The Morgan fingerprint density at radius 3 is 2.76 bits per heavy atom. The second-order valence-corrected chi connectivity index (χ2v) is 5.57. The highest BCUT2D eigenvalue weighted by atomic mass is 79.9. The maximum absolute atomic E-state index is 13.7. The van der Waals surface area contributed by atoms with Crippen LogP contribution in [0.2, 0.25) is 0 Å². The van der Waals surface area contributed by atoms with Crippen molar-refractivity contribution >= 4 is 38.9 Å². The fourth-order valence-electron chi connectivity index (χ4n) is 1.78. The Balaban J connectivity index is 1.96. The SMILES string of the molecule is COc1ccccc1CNC(=S)Nc1ccc(Br)cc1F. The number of para-hydroxylation sites is 1. The fraction of sp³-hybridized carbons (Fsp3) is 0.133. The van der Waals surface area contributed by atoms with Gasteiger partial charge >= 0.3 is 0 Å². The van der Waals surface area contributed by atoms with E-state index in [0.29, 0.717) is 21.8 Å². The molecule has 0 aliphatic heterocycles.